The smallest absolute Gasteiger partial charge is 0.374 e. The number of carbonyl (C=O) groups is 2. The first-order valence-corrected chi connectivity index (χ1v) is 9.34. The minimum absolute atomic E-state index is 0.0724. The molecule has 0 aliphatic carbocycles. The van der Waals surface area contributed by atoms with Crippen LogP contribution in [0.5, 0.6) is 0 Å². The number of esters is 1. The van der Waals surface area contributed by atoms with Gasteiger partial charge in [0.05, 0.1) is 20.7 Å². The zero-order valence-electron chi connectivity index (χ0n) is 14.9. The fourth-order valence-corrected chi connectivity index (χ4v) is 3.30. The lowest BCUT2D eigenvalue weighted by Crippen LogP contribution is -2.21. The van der Waals surface area contributed by atoms with Crippen LogP contribution in [0.4, 0.5) is 11.4 Å². The Kier molecular flexibility index (Phi) is 6.61. The van der Waals surface area contributed by atoms with Crippen molar-refractivity contribution in [1.29, 1.82) is 0 Å². The van der Waals surface area contributed by atoms with Crippen LogP contribution < -0.4 is 5.32 Å². The molecule has 3 aromatic rings. The zero-order chi connectivity index (χ0) is 21.8. The van der Waals surface area contributed by atoms with E-state index in [1.807, 2.05) is 0 Å². The molecule has 3 rings (SSSR count). The molecule has 0 radical (unpaired) electrons. The Morgan fingerprint density at radius 3 is 2.27 bits per heavy atom. The quantitative estimate of drug-likeness (QED) is 0.285. The summed E-state index contributed by atoms with van der Waals surface area (Å²) in [7, 11) is 0. The molecule has 1 heterocycles. The van der Waals surface area contributed by atoms with Gasteiger partial charge in [-0.15, -0.1) is 0 Å². The lowest BCUT2D eigenvalue weighted by Gasteiger charge is -2.10. The van der Waals surface area contributed by atoms with Gasteiger partial charge in [0, 0.05) is 22.7 Å². The molecular formula is C19H11Cl3N2O6. The lowest BCUT2D eigenvalue weighted by molar-refractivity contribution is -0.384. The second-order valence-corrected chi connectivity index (χ2v) is 7.09. The van der Waals surface area contributed by atoms with Crippen LogP contribution >= 0.6 is 34.8 Å². The van der Waals surface area contributed by atoms with Gasteiger partial charge in [0.25, 0.3) is 11.6 Å². The van der Waals surface area contributed by atoms with Crippen molar-refractivity contribution in [2.45, 2.75) is 0 Å². The Morgan fingerprint density at radius 1 is 1.03 bits per heavy atom. The predicted molar refractivity (Wildman–Crippen MR) is 111 cm³/mol. The number of nitrogens with zero attached hydrogens (tertiary/aromatic N) is 1. The molecule has 2 aromatic carbocycles. The minimum Gasteiger partial charge on any atom is -0.450 e. The monoisotopic (exact) mass is 468 g/mol. The summed E-state index contributed by atoms with van der Waals surface area (Å²) in [4.78, 5) is 34.3. The summed E-state index contributed by atoms with van der Waals surface area (Å²) in [6.07, 6.45) is 0. The van der Waals surface area contributed by atoms with E-state index in [0.717, 1.165) is 0 Å². The van der Waals surface area contributed by atoms with Crippen LogP contribution in [0.2, 0.25) is 15.1 Å². The molecule has 0 aliphatic rings. The van der Waals surface area contributed by atoms with Crippen molar-refractivity contribution in [3.05, 3.63) is 79.5 Å². The molecule has 1 aromatic heterocycles. The molecule has 1 N–H and O–H groups in total. The van der Waals surface area contributed by atoms with Gasteiger partial charge in [-0.25, -0.2) is 4.79 Å². The third-order valence-corrected chi connectivity index (χ3v) is 4.59. The Hall–Kier alpha value is -3.07. The SMILES string of the molecule is O=C(COC(=O)c1ccc(-c2ccc([N+](=O)[O-])cc2)o1)Nc1c(Cl)cc(Cl)cc1Cl. The fraction of sp³-hybridized carbons (Fsp3) is 0.0526. The summed E-state index contributed by atoms with van der Waals surface area (Å²) in [5, 5.41) is 13.7. The molecule has 0 spiro atoms. The van der Waals surface area contributed by atoms with Crippen LogP contribution in [-0.2, 0) is 9.53 Å². The summed E-state index contributed by atoms with van der Waals surface area (Å²) in [5.41, 5.74) is 0.600. The van der Waals surface area contributed by atoms with E-state index in [0.29, 0.717) is 16.3 Å². The van der Waals surface area contributed by atoms with Gasteiger partial charge < -0.3 is 14.5 Å². The van der Waals surface area contributed by atoms with Crippen LogP contribution in [-0.4, -0.2) is 23.4 Å². The van der Waals surface area contributed by atoms with E-state index in [-0.39, 0.29) is 27.2 Å². The second-order valence-electron chi connectivity index (χ2n) is 5.84. The van der Waals surface area contributed by atoms with Crippen molar-refractivity contribution in [2.75, 3.05) is 11.9 Å². The number of halogens is 3. The second kappa shape index (κ2) is 9.17. The first kappa shape index (κ1) is 21.6. The van der Waals surface area contributed by atoms with Gasteiger partial charge in [-0.3, -0.25) is 14.9 Å². The normalized spacial score (nSPS) is 10.5. The van der Waals surface area contributed by atoms with Gasteiger partial charge in [0.15, 0.2) is 6.61 Å². The highest BCUT2D eigenvalue weighted by Gasteiger charge is 2.17. The minimum atomic E-state index is -0.869. The van der Waals surface area contributed by atoms with Crippen LogP contribution in [0.15, 0.2) is 52.9 Å². The van der Waals surface area contributed by atoms with Crippen molar-refractivity contribution in [3.8, 4) is 11.3 Å². The lowest BCUT2D eigenvalue weighted by atomic mass is 10.1. The van der Waals surface area contributed by atoms with Gasteiger partial charge in [0.1, 0.15) is 5.76 Å². The summed E-state index contributed by atoms with van der Waals surface area (Å²) in [6.45, 7) is -0.609. The van der Waals surface area contributed by atoms with Gasteiger partial charge in [-0.2, -0.15) is 0 Å². The third kappa shape index (κ3) is 5.10. The number of nitro groups is 1. The summed E-state index contributed by atoms with van der Waals surface area (Å²) in [5.74, 6) is -1.37. The Balaban J connectivity index is 1.60. The average molecular weight is 470 g/mol. The van der Waals surface area contributed by atoms with Crippen LogP contribution in [0.3, 0.4) is 0 Å². The van der Waals surface area contributed by atoms with E-state index in [4.69, 9.17) is 44.0 Å². The number of carbonyl (C=O) groups excluding carboxylic acids is 2. The summed E-state index contributed by atoms with van der Waals surface area (Å²) < 4.78 is 10.3. The molecular weight excluding hydrogens is 459 g/mol. The number of nitro benzene ring substituents is 1. The van der Waals surface area contributed by atoms with Gasteiger partial charge >= 0.3 is 5.97 Å². The molecule has 0 bridgehead atoms. The highest BCUT2D eigenvalue weighted by atomic mass is 35.5. The van der Waals surface area contributed by atoms with Crippen molar-refractivity contribution >= 4 is 58.1 Å². The number of hydrogen-bond acceptors (Lipinski definition) is 6. The largest absolute Gasteiger partial charge is 0.450 e. The number of anilines is 1. The molecule has 0 unspecified atom stereocenters. The number of rotatable bonds is 6. The Bertz CT molecular complexity index is 1100. The topological polar surface area (TPSA) is 112 Å². The first-order chi connectivity index (χ1) is 14.2. The highest BCUT2D eigenvalue weighted by Crippen LogP contribution is 2.33. The Morgan fingerprint density at radius 2 is 1.67 bits per heavy atom. The number of hydrogen-bond donors (Lipinski definition) is 1. The van der Waals surface area contributed by atoms with Crippen molar-refractivity contribution in [2.24, 2.45) is 0 Å². The fourth-order valence-electron chi connectivity index (χ4n) is 2.39. The van der Waals surface area contributed by atoms with Gasteiger partial charge in [-0.1, -0.05) is 34.8 Å². The van der Waals surface area contributed by atoms with Crippen LogP contribution in [0.25, 0.3) is 11.3 Å². The maximum atomic E-state index is 12.1. The van der Waals surface area contributed by atoms with Gasteiger partial charge in [0.2, 0.25) is 5.76 Å². The molecule has 0 fully saturated rings. The Labute approximate surface area is 184 Å². The van der Waals surface area contributed by atoms with E-state index in [2.05, 4.69) is 5.32 Å². The number of nitrogens with one attached hydrogen (secondary N) is 1. The van der Waals surface area contributed by atoms with E-state index in [1.165, 1.54) is 48.5 Å². The number of furan rings is 1. The average Bonchev–Trinajstić information content (AvgIpc) is 3.19. The third-order valence-electron chi connectivity index (χ3n) is 3.78. The highest BCUT2D eigenvalue weighted by molar-refractivity contribution is 6.42. The van der Waals surface area contributed by atoms with Gasteiger partial charge in [-0.05, 0) is 36.4 Å². The van der Waals surface area contributed by atoms with Crippen LogP contribution in [0.1, 0.15) is 10.6 Å². The summed E-state index contributed by atoms with van der Waals surface area (Å²) >= 11 is 17.8. The molecule has 154 valence electrons. The van der Waals surface area contributed by atoms with Crippen molar-refractivity contribution in [3.63, 3.8) is 0 Å². The molecule has 8 nitrogen and oxygen atoms in total. The number of ether oxygens (including phenoxy) is 1. The van der Waals surface area contributed by atoms with E-state index < -0.39 is 23.4 Å². The molecule has 0 atom stereocenters. The maximum Gasteiger partial charge on any atom is 0.374 e. The standard InChI is InChI=1S/C19H11Cl3N2O6/c20-11-7-13(21)18(14(22)8-11)23-17(25)9-29-19(26)16-6-5-15(30-16)10-1-3-12(4-2-10)24(27)28/h1-8H,9H2,(H,23,25). The van der Waals surface area contributed by atoms with E-state index in [1.54, 1.807) is 0 Å². The molecule has 1 amide bonds. The summed E-state index contributed by atoms with van der Waals surface area (Å²) in [6, 6.07) is 11.3. The zero-order valence-corrected chi connectivity index (χ0v) is 17.1. The molecule has 0 aliphatic heterocycles. The first-order valence-electron chi connectivity index (χ1n) is 8.21. The van der Waals surface area contributed by atoms with Crippen LogP contribution in [0, 0.1) is 10.1 Å². The van der Waals surface area contributed by atoms with Crippen molar-refractivity contribution < 1.29 is 23.7 Å². The number of amides is 1. The van der Waals surface area contributed by atoms with Crippen molar-refractivity contribution in [1.82, 2.24) is 0 Å². The molecule has 0 saturated heterocycles. The molecule has 11 heteroatoms. The molecule has 30 heavy (non-hydrogen) atoms. The van der Waals surface area contributed by atoms with E-state index in [9.17, 15) is 19.7 Å². The number of benzene rings is 2. The maximum absolute atomic E-state index is 12.1. The van der Waals surface area contributed by atoms with E-state index >= 15 is 0 Å². The number of non-ortho nitro benzene ring substituents is 1. The molecule has 0 saturated carbocycles. The predicted octanol–water partition coefficient (Wildman–Crippen LogP) is 5.61.